The van der Waals surface area contributed by atoms with Crippen LogP contribution in [-0.2, 0) is 4.79 Å². The molecule has 3 N–H and O–H groups in total. The molecule has 1 rings (SSSR count). The minimum absolute atomic E-state index is 0.122. The molecule has 0 heterocycles. The van der Waals surface area contributed by atoms with Gasteiger partial charge in [-0.15, -0.1) is 0 Å². The fraction of sp³-hybridized carbons (Fsp3) is 0.467. The molecule has 0 atom stereocenters. The second-order valence-electron chi connectivity index (χ2n) is 5.61. The maximum absolute atomic E-state index is 11.8. The van der Waals surface area contributed by atoms with Crippen molar-refractivity contribution in [3.63, 3.8) is 0 Å². The highest BCUT2D eigenvalue weighted by Gasteiger charge is 2.19. The molecule has 5 heteroatoms. The van der Waals surface area contributed by atoms with Crippen LogP contribution >= 0.6 is 0 Å². The Morgan fingerprint density at radius 3 is 2.30 bits per heavy atom. The molecule has 0 aliphatic heterocycles. The number of hydrogen-bond acceptors (Lipinski definition) is 3. The van der Waals surface area contributed by atoms with Crippen molar-refractivity contribution in [3.05, 3.63) is 29.8 Å². The number of hydrogen-bond donors (Lipinski definition) is 3. The van der Waals surface area contributed by atoms with Crippen LogP contribution in [0.5, 0.6) is 5.75 Å². The molecule has 5 nitrogen and oxygen atoms in total. The van der Waals surface area contributed by atoms with Crippen molar-refractivity contribution in [2.45, 2.75) is 33.1 Å². The van der Waals surface area contributed by atoms with Gasteiger partial charge < -0.3 is 15.5 Å². The summed E-state index contributed by atoms with van der Waals surface area (Å²) in [5, 5.41) is 20.6. The molecular formula is C15H21NO4. The van der Waals surface area contributed by atoms with Gasteiger partial charge in [0.1, 0.15) is 5.75 Å². The lowest BCUT2D eigenvalue weighted by Gasteiger charge is -2.23. The molecule has 1 aromatic rings. The fourth-order valence-electron chi connectivity index (χ4n) is 1.80. The van der Waals surface area contributed by atoms with Crippen molar-refractivity contribution < 1.29 is 19.8 Å². The van der Waals surface area contributed by atoms with Gasteiger partial charge in [-0.2, -0.15) is 0 Å². The Labute approximate surface area is 118 Å². The maximum atomic E-state index is 11.8. The number of aliphatic carboxylic acids is 1. The number of phenolic OH excluding ortho intramolecular Hbond substituents is 1. The molecule has 0 aliphatic carbocycles. The molecule has 0 unspecified atom stereocenters. The molecule has 0 spiro atoms. The monoisotopic (exact) mass is 279 g/mol. The minimum atomic E-state index is -0.800. The van der Waals surface area contributed by atoms with E-state index < -0.39 is 5.97 Å². The van der Waals surface area contributed by atoms with E-state index in [1.807, 2.05) is 13.8 Å². The lowest BCUT2D eigenvalue weighted by molar-refractivity contribution is -0.137. The van der Waals surface area contributed by atoms with Gasteiger partial charge in [-0.1, -0.05) is 13.8 Å². The van der Waals surface area contributed by atoms with E-state index >= 15 is 0 Å². The zero-order valence-corrected chi connectivity index (χ0v) is 11.8. The molecule has 0 aromatic heterocycles. The summed E-state index contributed by atoms with van der Waals surface area (Å²) in [6.07, 6.45) is 1.43. The Morgan fingerprint density at radius 1 is 1.15 bits per heavy atom. The van der Waals surface area contributed by atoms with Crippen LogP contribution in [0.3, 0.4) is 0 Å². The SMILES string of the molecule is CC(C)(CCNC(=O)c1ccc(O)cc1)CCC(=O)O. The molecule has 1 amide bonds. The van der Waals surface area contributed by atoms with E-state index in [4.69, 9.17) is 10.2 Å². The quantitative estimate of drug-likeness (QED) is 0.715. The summed E-state index contributed by atoms with van der Waals surface area (Å²) in [6.45, 7) is 4.47. The highest BCUT2D eigenvalue weighted by Crippen LogP contribution is 2.26. The van der Waals surface area contributed by atoms with Gasteiger partial charge in [-0.05, 0) is 42.5 Å². The van der Waals surface area contributed by atoms with E-state index in [9.17, 15) is 9.59 Å². The number of amides is 1. The number of nitrogens with one attached hydrogen (secondary N) is 1. The minimum Gasteiger partial charge on any atom is -0.508 e. The number of phenols is 1. The van der Waals surface area contributed by atoms with Crippen LogP contribution in [0.4, 0.5) is 0 Å². The predicted octanol–water partition coefficient (Wildman–Crippen LogP) is 2.40. The van der Waals surface area contributed by atoms with Crippen molar-refractivity contribution in [1.29, 1.82) is 0 Å². The summed E-state index contributed by atoms with van der Waals surface area (Å²) in [6, 6.07) is 6.04. The van der Waals surface area contributed by atoms with Crippen LogP contribution in [0.2, 0.25) is 0 Å². The topological polar surface area (TPSA) is 86.6 Å². The van der Waals surface area contributed by atoms with E-state index in [0.717, 1.165) is 0 Å². The van der Waals surface area contributed by atoms with E-state index in [2.05, 4.69) is 5.32 Å². The third kappa shape index (κ3) is 5.73. The smallest absolute Gasteiger partial charge is 0.303 e. The summed E-state index contributed by atoms with van der Waals surface area (Å²) >= 11 is 0. The first kappa shape index (κ1) is 16.0. The Balaban J connectivity index is 2.38. The second kappa shape index (κ2) is 6.93. The summed E-state index contributed by atoms with van der Waals surface area (Å²) in [5.74, 6) is -0.874. The van der Waals surface area contributed by atoms with E-state index in [-0.39, 0.29) is 23.5 Å². The number of rotatable bonds is 7. The third-order valence-electron chi connectivity index (χ3n) is 3.23. The predicted molar refractivity (Wildman–Crippen MR) is 75.7 cm³/mol. The summed E-state index contributed by atoms with van der Waals surface area (Å²) in [4.78, 5) is 22.4. The van der Waals surface area contributed by atoms with Gasteiger partial charge in [-0.3, -0.25) is 9.59 Å². The molecule has 0 radical (unpaired) electrons. The van der Waals surface area contributed by atoms with Gasteiger partial charge in [0, 0.05) is 18.5 Å². The van der Waals surface area contributed by atoms with Crippen LogP contribution in [0.25, 0.3) is 0 Å². The average molecular weight is 279 g/mol. The van der Waals surface area contributed by atoms with Gasteiger partial charge in [0.25, 0.3) is 5.91 Å². The first-order valence-corrected chi connectivity index (χ1v) is 6.59. The van der Waals surface area contributed by atoms with Crippen molar-refractivity contribution >= 4 is 11.9 Å². The van der Waals surface area contributed by atoms with E-state index in [0.29, 0.717) is 24.9 Å². The van der Waals surface area contributed by atoms with Crippen LogP contribution in [0.15, 0.2) is 24.3 Å². The molecule has 0 saturated carbocycles. The van der Waals surface area contributed by atoms with Crippen molar-refractivity contribution in [1.82, 2.24) is 5.32 Å². The first-order chi connectivity index (χ1) is 9.30. The van der Waals surface area contributed by atoms with Gasteiger partial charge in [0.05, 0.1) is 0 Å². The highest BCUT2D eigenvalue weighted by molar-refractivity contribution is 5.94. The largest absolute Gasteiger partial charge is 0.508 e. The zero-order chi connectivity index (χ0) is 15.2. The van der Waals surface area contributed by atoms with Gasteiger partial charge in [0.15, 0.2) is 0 Å². The standard InChI is InChI=1S/C15H21NO4/c1-15(2,8-7-13(18)19)9-10-16-14(20)11-3-5-12(17)6-4-11/h3-6,17H,7-10H2,1-2H3,(H,16,20)(H,18,19). The maximum Gasteiger partial charge on any atom is 0.303 e. The second-order valence-corrected chi connectivity index (χ2v) is 5.61. The Hall–Kier alpha value is -2.04. The molecule has 1 aromatic carbocycles. The summed E-state index contributed by atoms with van der Waals surface area (Å²) < 4.78 is 0. The van der Waals surface area contributed by atoms with Gasteiger partial charge in [0.2, 0.25) is 0 Å². The number of aromatic hydroxyl groups is 1. The number of carbonyl (C=O) groups is 2. The number of benzene rings is 1. The zero-order valence-electron chi connectivity index (χ0n) is 11.8. The Morgan fingerprint density at radius 2 is 1.75 bits per heavy atom. The van der Waals surface area contributed by atoms with Crippen molar-refractivity contribution in [2.24, 2.45) is 5.41 Å². The molecule has 0 aliphatic rings. The molecule has 0 bridgehead atoms. The normalized spacial score (nSPS) is 11.1. The van der Waals surface area contributed by atoms with E-state index in [1.54, 1.807) is 12.1 Å². The van der Waals surface area contributed by atoms with Gasteiger partial charge in [-0.25, -0.2) is 0 Å². The molecular weight excluding hydrogens is 258 g/mol. The van der Waals surface area contributed by atoms with Crippen LogP contribution in [-0.4, -0.2) is 28.6 Å². The molecule has 0 saturated heterocycles. The highest BCUT2D eigenvalue weighted by atomic mass is 16.4. The van der Waals surface area contributed by atoms with Gasteiger partial charge >= 0.3 is 5.97 Å². The first-order valence-electron chi connectivity index (χ1n) is 6.59. The number of carboxylic acid groups (broad SMARTS) is 1. The molecule has 0 fully saturated rings. The lowest BCUT2D eigenvalue weighted by atomic mass is 9.84. The van der Waals surface area contributed by atoms with Crippen LogP contribution in [0, 0.1) is 5.41 Å². The van der Waals surface area contributed by atoms with Crippen molar-refractivity contribution in [2.75, 3.05) is 6.54 Å². The van der Waals surface area contributed by atoms with Crippen LogP contribution < -0.4 is 5.32 Å². The fourth-order valence-corrected chi connectivity index (χ4v) is 1.80. The summed E-state index contributed by atoms with van der Waals surface area (Å²) in [7, 11) is 0. The Bertz CT molecular complexity index is 465. The average Bonchev–Trinajstić information content (AvgIpc) is 2.37. The van der Waals surface area contributed by atoms with Crippen LogP contribution in [0.1, 0.15) is 43.5 Å². The van der Waals surface area contributed by atoms with Crippen molar-refractivity contribution in [3.8, 4) is 5.75 Å². The number of carbonyl (C=O) groups excluding carboxylic acids is 1. The summed E-state index contributed by atoms with van der Waals surface area (Å²) in [5.41, 5.74) is 0.367. The number of carboxylic acids is 1. The molecule has 110 valence electrons. The third-order valence-corrected chi connectivity index (χ3v) is 3.23. The molecule has 20 heavy (non-hydrogen) atoms. The lowest BCUT2D eigenvalue weighted by Crippen LogP contribution is -2.28. The van der Waals surface area contributed by atoms with E-state index in [1.165, 1.54) is 12.1 Å². The Kier molecular flexibility index (Phi) is 5.55.